The highest BCUT2D eigenvalue weighted by molar-refractivity contribution is 5.74. The lowest BCUT2D eigenvalue weighted by molar-refractivity contribution is 0.327. The molecular formula is C20H20F2N6O2. The molecule has 0 spiro atoms. The molecule has 0 aromatic carbocycles. The van der Waals surface area contributed by atoms with Gasteiger partial charge in [0.25, 0.3) is 11.8 Å². The zero-order valence-electron chi connectivity index (χ0n) is 16.7. The smallest absolute Gasteiger partial charge is 0.254 e. The number of aryl methyl sites for hydroxylation is 1. The predicted octanol–water partition coefficient (Wildman–Crippen LogP) is 1.79. The topological polar surface area (TPSA) is 99.6 Å². The molecule has 4 heterocycles. The summed E-state index contributed by atoms with van der Waals surface area (Å²) in [7, 11) is 2.44. The normalized spacial score (nSPS) is 15.8. The molecule has 0 radical (unpaired) electrons. The van der Waals surface area contributed by atoms with Gasteiger partial charge in [-0.25, -0.2) is 9.97 Å². The molecule has 4 rings (SSSR count). The molecule has 0 saturated carbocycles. The van der Waals surface area contributed by atoms with Crippen LogP contribution in [0, 0.1) is 30.4 Å². The van der Waals surface area contributed by atoms with Gasteiger partial charge in [-0.3, -0.25) is 4.40 Å². The minimum atomic E-state index is -1.02. The van der Waals surface area contributed by atoms with Gasteiger partial charge in [0.05, 0.1) is 14.2 Å². The standard InChI is InChI=1S/C20H20F2N6O2/c1-10-8-25-17(23)16-13(26-18(28(10)16)11-6-7-24-9-11)5-4-12-14(21)19(29-2)27-20(30-3)15(12)22/h8,11,24H,6-7,9H2,1-3H3,(H2,23,25)/t11-/m0/s1. The molecule has 1 atom stereocenters. The lowest BCUT2D eigenvalue weighted by Crippen LogP contribution is -2.11. The van der Waals surface area contributed by atoms with E-state index in [9.17, 15) is 8.78 Å². The first-order valence-electron chi connectivity index (χ1n) is 9.29. The first-order valence-corrected chi connectivity index (χ1v) is 9.29. The maximum atomic E-state index is 14.6. The van der Waals surface area contributed by atoms with Crippen LogP contribution >= 0.6 is 0 Å². The molecule has 0 aliphatic carbocycles. The van der Waals surface area contributed by atoms with Gasteiger partial charge < -0.3 is 20.5 Å². The van der Waals surface area contributed by atoms with Crippen LogP contribution < -0.4 is 20.5 Å². The first-order chi connectivity index (χ1) is 14.5. The summed E-state index contributed by atoms with van der Waals surface area (Å²) in [5.41, 5.74) is 7.22. The van der Waals surface area contributed by atoms with Crippen LogP contribution in [0.3, 0.4) is 0 Å². The minimum Gasteiger partial charge on any atom is -0.479 e. The largest absolute Gasteiger partial charge is 0.479 e. The minimum absolute atomic E-state index is 0.170. The van der Waals surface area contributed by atoms with Gasteiger partial charge in [0.2, 0.25) is 11.6 Å². The average molecular weight is 414 g/mol. The van der Waals surface area contributed by atoms with Crippen LogP contribution in [0.4, 0.5) is 14.6 Å². The van der Waals surface area contributed by atoms with Crippen LogP contribution in [-0.2, 0) is 0 Å². The number of pyridine rings is 1. The summed E-state index contributed by atoms with van der Waals surface area (Å²) >= 11 is 0. The second kappa shape index (κ2) is 7.76. The summed E-state index contributed by atoms with van der Waals surface area (Å²) in [4.78, 5) is 12.5. The molecule has 1 aliphatic heterocycles. The third-order valence-corrected chi connectivity index (χ3v) is 5.02. The molecule has 8 nitrogen and oxygen atoms in total. The highest BCUT2D eigenvalue weighted by atomic mass is 19.1. The highest BCUT2D eigenvalue weighted by Gasteiger charge is 2.25. The average Bonchev–Trinajstić information content (AvgIpc) is 3.39. The second-order valence-corrected chi connectivity index (χ2v) is 6.86. The number of hydrogen-bond acceptors (Lipinski definition) is 7. The molecule has 0 amide bonds. The Kier molecular flexibility index (Phi) is 5.13. The fraction of sp³-hybridized carbons (Fsp3) is 0.350. The summed E-state index contributed by atoms with van der Waals surface area (Å²) < 4.78 is 40.8. The van der Waals surface area contributed by atoms with E-state index in [1.807, 2.05) is 11.3 Å². The molecule has 156 valence electrons. The van der Waals surface area contributed by atoms with E-state index in [1.54, 1.807) is 6.20 Å². The van der Waals surface area contributed by atoms with E-state index in [4.69, 9.17) is 15.2 Å². The molecule has 10 heteroatoms. The number of nitrogens with two attached hydrogens (primary N) is 1. The van der Waals surface area contributed by atoms with Crippen molar-refractivity contribution in [3.63, 3.8) is 0 Å². The summed E-state index contributed by atoms with van der Waals surface area (Å²) in [6, 6.07) is 0. The monoisotopic (exact) mass is 414 g/mol. The first kappa shape index (κ1) is 19.8. The Morgan fingerprint density at radius 2 is 1.87 bits per heavy atom. The van der Waals surface area contributed by atoms with Crippen LogP contribution in [-0.4, -0.2) is 46.7 Å². The fourth-order valence-corrected chi connectivity index (χ4v) is 3.55. The SMILES string of the molecule is COc1nc(OC)c(F)c(C#Cc2nc([C@H]3CCNC3)n3c(C)cnc(N)c23)c1F. The number of hydrogen-bond donors (Lipinski definition) is 2. The number of ether oxygens (including phenoxy) is 2. The van der Waals surface area contributed by atoms with Gasteiger partial charge in [0.15, 0.2) is 5.82 Å². The number of nitrogens with zero attached hydrogens (tertiary/aromatic N) is 4. The number of imidazole rings is 1. The molecule has 1 saturated heterocycles. The van der Waals surface area contributed by atoms with E-state index in [-0.39, 0.29) is 11.7 Å². The number of aromatic nitrogens is 4. The fourth-order valence-electron chi connectivity index (χ4n) is 3.55. The third-order valence-electron chi connectivity index (χ3n) is 5.02. The van der Waals surface area contributed by atoms with E-state index in [0.29, 0.717) is 11.2 Å². The Morgan fingerprint density at radius 1 is 1.17 bits per heavy atom. The second-order valence-electron chi connectivity index (χ2n) is 6.86. The van der Waals surface area contributed by atoms with Gasteiger partial charge in [0, 0.05) is 24.4 Å². The van der Waals surface area contributed by atoms with Crippen LogP contribution in [0.15, 0.2) is 6.20 Å². The van der Waals surface area contributed by atoms with Gasteiger partial charge in [-0.2, -0.15) is 13.8 Å². The van der Waals surface area contributed by atoms with Crippen molar-refractivity contribution in [1.82, 2.24) is 24.7 Å². The molecule has 3 aromatic heterocycles. The van der Waals surface area contributed by atoms with Crippen molar-refractivity contribution in [2.45, 2.75) is 19.3 Å². The van der Waals surface area contributed by atoms with E-state index in [0.717, 1.165) is 31.0 Å². The van der Waals surface area contributed by atoms with Crippen LogP contribution in [0.1, 0.15) is 35.1 Å². The number of fused-ring (bicyclic) bond motifs is 1. The quantitative estimate of drug-likeness (QED) is 0.631. The van der Waals surface area contributed by atoms with Gasteiger partial charge >= 0.3 is 0 Å². The number of methoxy groups -OCH3 is 2. The van der Waals surface area contributed by atoms with E-state index >= 15 is 0 Å². The summed E-state index contributed by atoms with van der Waals surface area (Å²) in [6.07, 6.45) is 2.57. The molecule has 0 unspecified atom stereocenters. The number of nitrogens with one attached hydrogen (secondary N) is 1. The van der Waals surface area contributed by atoms with Crippen molar-refractivity contribution in [3.05, 3.63) is 40.6 Å². The molecule has 1 aliphatic rings. The van der Waals surface area contributed by atoms with Crippen molar-refractivity contribution in [2.24, 2.45) is 0 Å². The van der Waals surface area contributed by atoms with E-state index in [2.05, 4.69) is 32.1 Å². The Balaban J connectivity index is 1.92. The van der Waals surface area contributed by atoms with Gasteiger partial charge in [-0.1, -0.05) is 5.92 Å². The highest BCUT2D eigenvalue weighted by Crippen LogP contribution is 2.29. The van der Waals surface area contributed by atoms with Crippen LogP contribution in [0.5, 0.6) is 11.8 Å². The molecule has 3 aromatic rings. The van der Waals surface area contributed by atoms with Crippen molar-refractivity contribution in [2.75, 3.05) is 33.0 Å². The molecule has 3 N–H and O–H groups in total. The number of nitrogen functional groups attached to an aromatic ring is 1. The molecular weight excluding hydrogens is 394 g/mol. The number of halogens is 2. The van der Waals surface area contributed by atoms with Crippen LogP contribution in [0.25, 0.3) is 5.52 Å². The summed E-state index contributed by atoms with van der Waals surface area (Å²) in [5, 5.41) is 3.31. The molecule has 30 heavy (non-hydrogen) atoms. The zero-order chi connectivity index (χ0) is 21.4. The maximum absolute atomic E-state index is 14.6. The molecule has 0 bridgehead atoms. The van der Waals surface area contributed by atoms with Gasteiger partial charge in [-0.05, 0) is 25.8 Å². The van der Waals surface area contributed by atoms with Crippen molar-refractivity contribution in [1.29, 1.82) is 0 Å². The van der Waals surface area contributed by atoms with Crippen LogP contribution in [0.2, 0.25) is 0 Å². The number of anilines is 1. The lowest BCUT2D eigenvalue weighted by Gasteiger charge is -2.10. The molecule has 1 fully saturated rings. The number of rotatable bonds is 3. The van der Waals surface area contributed by atoms with Crippen molar-refractivity contribution in [3.8, 4) is 23.6 Å². The predicted molar refractivity (Wildman–Crippen MR) is 106 cm³/mol. The Labute approximate surface area is 171 Å². The van der Waals surface area contributed by atoms with E-state index < -0.39 is 29.0 Å². The maximum Gasteiger partial charge on any atom is 0.254 e. The summed E-state index contributed by atoms with van der Waals surface area (Å²) in [5.74, 6) is 3.60. The summed E-state index contributed by atoms with van der Waals surface area (Å²) in [6.45, 7) is 3.55. The Bertz CT molecular complexity index is 1160. The Morgan fingerprint density at radius 3 is 2.47 bits per heavy atom. The lowest BCUT2D eigenvalue weighted by atomic mass is 10.1. The van der Waals surface area contributed by atoms with Crippen molar-refractivity contribution >= 4 is 11.3 Å². The zero-order valence-corrected chi connectivity index (χ0v) is 16.7. The van der Waals surface area contributed by atoms with Gasteiger partial charge in [-0.15, -0.1) is 0 Å². The Hall–Kier alpha value is -3.45. The van der Waals surface area contributed by atoms with Gasteiger partial charge in [0.1, 0.15) is 22.6 Å². The van der Waals surface area contributed by atoms with E-state index in [1.165, 1.54) is 14.2 Å². The third kappa shape index (κ3) is 3.17. The van der Waals surface area contributed by atoms with Crippen molar-refractivity contribution < 1.29 is 18.3 Å².